The van der Waals surface area contributed by atoms with Crippen LogP contribution < -0.4 is 10.6 Å². The Kier molecular flexibility index (Phi) is 7.02. The molecule has 0 aliphatic rings. The first-order valence-electron chi connectivity index (χ1n) is 11.2. The molecule has 0 saturated carbocycles. The zero-order chi connectivity index (χ0) is 24.2. The number of thiophene rings is 1. The first-order valence-corrected chi connectivity index (χ1v) is 12.0. The van der Waals surface area contributed by atoms with E-state index in [4.69, 9.17) is 4.98 Å². The molecule has 34 heavy (non-hydrogen) atoms. The molecule has 4 heterocycles. The Morgan fingerprint density at radius 3 is 2.56 bits per heavy atom. The van der Waals surface area contributed by atoms with Crippen LogP contribution in [0.3, 0.4) is 0 Å². The molecule has 0 unspecified atom stereocenters. The highest BCUT2D eigenvalue weighted by molar-refractivity contribution is 7.12. The molecule has 4 aromatic heterocycles. The zero-order valence-corrected chi connectivity index (χ0v) is 20.6. The van der Waals surface area contributed by atoms with Crippen LogP contribution in [0.2, 0.25) is 0 Å². The van der Waals surface area contributed by atoms with Crippen molar-refractivity contribution in [3.05, 3.63) is 63.7 Å². The number of pyridine rings is 2. The molecule has 176 valence electrons. The summed E-state index contributed by atoms with van der Waals surface area (Å²) >= 11 is 1.71. The zero-order valence-electron chi connectivity index (χ0n) is 19.8. The number of hydrogen-bond acceptors (Lipinski definition) is 6. The van der Waals surface area contributed by atoms with E-state index in [0.717, 1.165) is 21.7 Å². The minimum Gasteiger partial charge on any atom is -0.352 e. The van der Waals surface area contributed by atoms with Gasteiger partial charge in [-0.3, -0.25) is 14.6 Å². The Labute approximate surface area is 202 Å². The monoisotopic (exact) mass is 476 g/mol. The van der Waals surface area contributed by atoms with E-state index in [1.807, 2.05) is 36.7 Å². The summed E-state index contributed by atoms with van der Waals surface area (Å²) in [7, 11) is 0. The predicted octanol–water partition coefficient (Wildman–Crippen LogP) is 4.19. The molecule has 0 aliphatic carbocycles. The lowest BCUT2D eigenvalue weighted by Gasteiger charge is -2.11. The number of rotatable bonds is 8. The van der Waals surface area contributed by atoms with Crippen molar-refractivity contribution in [2.45, 2.75) is 46.7 Å². The first-order chi connectivity index (χ1) is 16.3. The SMILES string of the molecule is Cc1cc(-c2cc(C(=O)NCCC(=O)NCc3ccncc3)c3cnn(C(C)C)c3n2)c(C)s1. The van der Waals surface area contributed by atoms with Crippen LogP contribution in [0.4, 0.5) is 0 Å². The van der Waals surface area contributed by atoms with Gasteiger partial charge in [0.15, 0.2) is 5.65 Å². The Bertz CT molecular complexity index is 1330. The minimum absolute atomic E-state index is 0.102. The van der Waals surface area contributed by atoms with Crippen molar-refractivity contribution in [2.75, 3.05) is 6.54 Å². The van der Waals surface area contributed by atoms with E-state index >= 15 is 0 Å². The van der Waals surface area contributed by atoms with Crippen LogP contribution in [0.25, 0.3) is 22.3 Å². The van der Waals surface area contributed by atoms with Gasteiger partial charge in [-0.15, -0.1) is 11.3 Å². The third-order valence-electron chi connectivity index (χ3n) is 5.49. The summed E-state index contributed by atoms with van der Waals surface area (Å²) in [5.41, 5.74) is 3.92. The highest BCUT2D eigenvalue weighted by Gasteiger charge is 2.20. The van der Waals surface area contributed by atoms with Crippen LogP contribution in [-0.2, 0) is 11.3 Å². The van der Waals surface area contributed by atoms with Gasteiger partial charge in [0.1, 0.15) is 0 Å². The van der Waals surface area contributed by atoms with E-state index in [2.05, 4.69) is 40.6 Å². The van der Waals surface area contributed by atoms with Gasteiger partial charge in [-0.1, -0.05) is 0 Å². The molecule has 9 heteroatoms. The van der Waals surface area contributed by atoms with E-state index in [-0.39, 0.29) is 30.8 Å². The molecule has 0 atom stereocenters. The molecule has 0 aromatic carbocycles. The average Bonchev–Trinajstić information content (AvgIpc) is 3.40. The lowest BCUT2D eigenvalue weighted by atomic mass is 10.1. The number of aryl methyl sites for hydroxylation is 2. The number of carbonyl (C=O) groups is 2. The van der Waals surface area contributed by atoms with Crippen molar-refractivity contribution in [3.63, 3.8) is 0 Å². The summed E-state index contributed by atoms with van der Waals surface area (Å²) in [5.74, 6) is -0.377. The molecule has 4 aromatic rings. The molecule has 8 nitrogen and oxygen atoms in total. The Morgan fingerprint density at radius 2 is 1.88 bits per heavy atom. The highest BCUT2D eigenvalue weighted by atomic mass is 32.1. The second-order valence-corrected chi connectivity index (χ2v) is 9.90. The maximum absolute atomic E-state index is 13.2. The number of fused-ring (bicyclic) bond motifs is 1. The lowest BCUT2D eigenvalue weighted by Crippen LogP contribution is -2.30. The van der Waals surface area contributed by atoms with Gasteiger partial charge in [0.25, 0.3) is 5.91 Å². The number of nitrogens with zero attached hydrogens (tertiary/aromatic N) is 4. The molecule has 0 radical (unpaired) electrons. The van der Waals surface area contributed by atoms with Crippen molar-refractivity contribution in [1.29, 1.82) is 0 Å². The maximum atomic E-state index is 13.2. The fourth-order valence-corrected chi connectivity index (χ4v) is 4.71. The molecule has 0 aliphatic heterocycles. The van der Waals surface area contributed by atoms with Crippen LogP contribution in [-0.4, -0.2) is 38.1 Å². The Hall–Kier alpha value is -3.59. The standard InChI is InChI=1S/C25H28N6O2S/c1-15(2)31-24-21(14-29-31)20(12-22(30-24)19-11-16(3)34-17(19)4)25(33)27-10-7-23(32)28-13-18-5-8-26-9-6-18/h5-6,8-9,11-12,14-15H,7,10,13H2,1-4H3,(H,27,33)(H,28,32). The van der Waals surface area contributed by atoms with Crippen molar-refractivity contribution in [2.24, 2.45) is 0 Å². The fourth-order valence-electron chi connectivity index (χ4n) is 3.78. The summed E-state index contributed by atoms with van der Waals surface area (Å²) in [5, 5.41) is 10.9. The Balaban J connectivity index is 1.51. The minimum atomic E-state index is -0.247. The smallest absolute Gasteiger partial charge is 0.252 e. The number of hydrogen-bond donors (Lipinski definition) is 2. The molecule has 0 saturated heterocycles. The molecule has 0 fully saturated rings. The average molecular weight is 477 g/mol. The predicted molar refractivity (Wildman–Crippen MR) is 134 cm³/mol. The second kappa shape index (κ2) is 10.1. The van der Waals surface area contributed by atoms with Gasteiger partial charge >= 0.3 is 0 Å². The largest absolute Gasteiger partial charge is 0.352 e. The molecule has 2 amide bonds. The van der Waals surface area contributed by atoms with Crippen LogP contribution in [0.1, 0.15) is 52.0 Å². The second-order valence-electron chi connectivity index (χ2n) is 8.44. The van der Waals surface area contributed by atoms with E-state index in [0.29, 0.717) is 23.1 Å². The summed E-state index contributed by atoms with van der Waals surface area (Å²) in [6.45, 7) is 8.84. The maximum Gasteiger partial charge on any atom is 0.252 e. The number of amides is 2. The van der Waals surface area contributed by atoms with E-state index in [9.17, 15) is 9.59 Å². The fraction of sp³-hybridized carbons (Fsp3) is 0.320. The quantitative estimate of drug-likeness (QED) is 0.397. The third kappa shape index (κ3) is 5.14. The van der Waals surface area contributed by atoms with E-state index < -0.39 is 0 Å². The van der Waals surface area contributed by atoms with Crippen LogP contribution in [0, 0.1) is 13.8 Å². The van der Waals surface area contributed by atoms with Crippen molar-refractivity contribution >= 4 is 34.2 Å². The van der Waals surface area contributed by atoms with Gasteiger partial charge < -0.3 is 10.6 Å². The Morgan fingerprint density at radius 1 is 1.12 bits per heavy atom. The van der Waals surface area contributed by atoms with E-state index in [1.54, 1.807) is 29.9 Å². The molecule has 0 bridgehead atoms. The third-order valence-corrected chi connectivity index (χ3v) is 6.46. The summed E-state index contributed by atoms with van der Waals surface area (Å²) in [4.78, 5) is 36.5. The van der Waals surface area contributed by atoms with Crippen molar-refractivity contribution < 1.29 is 9.59 Å². The van der Waals surface area contributed by atoms with Crippen LogP contribution in [0.15, 0.2) is 42.9 Å². The van der Waals surface area contributed by atoms with Gasteiger partial charge in [-0.2, -0.15) is 5.10 Å². The van der Waals surface area contributed by atoms with Gasteiger partial charge in [0.2, 0.25) is 5.91 Å². The van der Waals surface area contributed by atoms with Gasteiger partial charge in [-0.05, 0) is 57.5 Å². The first kappa shape index (κ1) is 23.6. The molecular formula is C25H28N6O2S. The number of aromatic nitrogens is 4. The number of carbonyl (C=O) groups excluding carboxylic acids is 2. The van der Waals surface area contributed by atoms with Gasteiger partial charge in [0.05, 0.1) is 22.8 Å². The van der Waals surface area contributed by atoms with Gasteiger partial charge in [0, 0.05) is 53.3 Å². The highest BCUT2D eigenvalue weighted by Crippen LogP contribution is 2.32. The summed E-state index contributed by atoms with van der Waals surface area (Å²) in [6.07, 6.45) is 5.25. The molecule has 4 rings (SSSR count). The van der Waals surface area contributed by atoms with Crippen molar-refractivity contribution in [3.8, 4) is 11.3 Å². The number of nitrogens with one attached hydrogen (secondary N) is 2. The van der Waals surface area contributed by atoms with Gasteiger partial charge in [-0.25, -0.2) is 9.67 Å². The normalized spacial score (nSPS) is 11.2. The molecule has 0 spiro atoms. The molecular weight excluding hydrogens is 448 g/mol. The van der Waals surface area contributed by atoms with Crippen molar-refractivity contribution in [1.82, 2.24) is 30.4 Å². The van der Waals surface area contributed by atoms with Crippen LogP contribution in [0.5, 0.6) is 0 Å². The lowest BCUT2D eigenvalue weighted by molar-refractivity contribution is -0.121. The van der Waals surface area contributed by atoms with Crippen LogP contribution >= 0.6 is 11.3 Å². The summed E-state index contributed by atoms with van der Waals surface area (Å²) < 4.78 is 1.83. The summed E-state index contributed by atoms with van der Waals surface area (Å²) in [6, 6.07) is 7.72. The van der Waals surface area contributed by atoms with E-state index in [1.165, 1.54) is 4.88 Å². The molecule has 2 N–H and O–H groups in total. The topological polar surface area (TPSA) is 102 Å².